The van der Waals surface area contributed by atoms with Crippen LogP contribution in [0.4, 0.5) is 5.69 Å². The van der Waals surface area contributed by atoms with Crippen molar-refractivity contribution >= 4 is 17.3 Å². The lowest BCUT2D eigenvalue weighted by Gasteiger charge is -2.15. The van der Waals surface area contributed by atoms with Gasteiger partial charge in [0.1, 0.15) is 0 Å². The van der Waals surface area contributed by atoms with Gasteiger partial charge < -0.3 is 11.1 Å². The first kappa shape index (κ1) is 10.4. The number of nitrogens with two attached hydrogens (primary N) is 1. The van der Waals surface area contributed by atoms with Gasteiger partial charge in [-0.05, 0) is 24.6 Å². The maximum Gasteiger partial charge on any atom is 0.0426 e. The Morgan fingerprint density at radius 1 is 1.54 bits per heavy atom. The molecular weight excluding hydrogens is 184 g/mol. The van der Waals surface area contributed by atoms with Gasteiger partial charge in [-0.3, -0.25) is 0 Å². The quantitative estimate of drug-likeness (QED) is 0.780. The van der Waals surface area contributed by atoms with Gasteiger partial charge in [-0.1, -0.05) is 24.6 Å². The van der Waals surface area contributed by atoms with Crippen molar-refractivity contribution in [3.63, 3.8) is 0 Å². The molecule has 3 N–H and O–H groups in total. The van der Waals surface area contributed by atoms with Gasteiger partial charge in [0, 0.05) is 23.3 Å². The van der Waals surface area contributed by atoms with E-state index in [0.29, 0.717) is 12.6 Å². The van der Waals surface area contributed by atoms with E-state index >= 15 is 0 Å². The normalized spacial score (nSPS) is 12.5. The van der Waals surface area contributed by atoms with Crippen molar-refractivity contribution in [1.82, 2.24) is 0 Å². The zero-order chi connectivity index (χ0) is 9.68. The predicted molar refractivity (Wildman–Crippen MR) is 58.2 cm³/mol. The zero-order valence-corrected chi connectivity index (χ0v) is 8.51. The van der Waals surface area contributed by atoms with Crippen molar-refractivity contribution in [1.29, 1.82) is 0 Å². The number of rotatable bonds is 4. The Morgan fingerprint density at radius 2 is 2.31 bits per heavy atom. The smallest absolute Gasteiger partial charge is 0.0426 e. The molecule has 72 valence electrons. The Labute approximate surface area is 84.1 Å². The van der Waals surface area contributed by atoms with Gasteiger partial charge in [-0.2, -0.15) is 0 Å². The summed E-state index contributed by atoms with van der Waals surface area (Å²) in [6, 6.07) is 8.01. The number of hydrogen-bond donors (Lipinski definition) is 2. The highest BCUT2D eigenvalue weighted by Crippen LogP contribution is 2.15. The number of nitrogens with one attached hydrogen (secondary N) is 1. The first-order chi connectivity index (χ1) is 6.26. The minimum absolute atomic E-state index is 0.332. The molecule has 1 atom stereocenters. The summed E-state index contributed by atoms with van der Waals surface area (Å²) in [5, 5.41) is 4.06. The van der Waals surface area contributed by atoms with Crippen molar-refractivity contribution in [3.8, 4) is 0 Å². The first-order valence-corrected chi connectivity index (χ1v) is 4.86. The Bertz CT molecular complexity index is 259. The minimum Gasteiger partial charge on any atom is -0.381 e. The number of hydrogen-bond acceptors (Lipinski definition) is 2. The summed E-state index contributed by atoms with van der Waals surface area (Å²) in [7, 11) is 0. The molecule has 13 heavy (non-hydrogen) atoms. The molecule has 0 saturated carbocycles. The van der Waals surface area contributed by atoms with Gasteiger partial charge in [-0.15, -0.1) is 0 Å². The molecule has 0 bridgehead atoms. The second kappa shape index (κ2) is 5.10. The number of benzene rings is 1. The topological polar surface area (TPSA) is 38.0 Å². The summed E-state index contributed by atoms with van der Waals surface area (Å²) in [5.74, 6) is 0. The largest absolute Gasteiger partial charge is 0.381 e. The van der Waals surface area contributed by atoms with Crippen LogP contribution in [0.25, 0.3) is 0 Å². The fraction of sp³-hybridized carbons (Fsp3) is 0.400. The minimum atomic E-state index is 0.332. The lowest BCUT2D eigenvalue weighted by molar-refractivity contribution is 0.704. The lowest BCUT2D eigenvalue weighted by Crippen LogP contribution is -2.27. The maximum atomic E-state index is 5.84. The van der Waals surface area contributed by atoms with Gasteiger partial charge in [-0.25, -0.2) is 0 Å². The van der Waals surface area contributed by atoms with Crippen molar-refractivity contribution < 1.29 is 0 Å². The van der Waals surface area contributed by atoms with Crippen molar-refractivity contribution in [2.45, 2.75) is 19.4 Å². The van der Waals surface area contributed by atoms with Crippen molar-refractivity contribution in [3.05, 3.63) is 29.3 Å². The molecule has 1 rings (SSSR count). The number of anilines is 1. The highest BCUT2D eigenvalue weighted by molar-refractivity contribution is 6.30. The van der Waals surface area contributed by atoms with Gasteiger partial charge in [0.15, 0.2) is 0 Å². The fourth-order valence-electron chi connectivity index (χ4n) is 1.14. The van der Waals surface area contributed by atoms with Gasteiger partial charge >= 0.3 is 0 Å². The van der Waals surface area contributed by atoms with E-state index in [1.54, 1.807) is 0 Å². The van der Waals surface area contributed by atoms with Crippen LogP contribution >= 0.6 is 11.6 Å². The molecule has 0 aromatic heterocycles. The van der Waals surface area contributed by atoms with Gasteiger partial charge in [0.2, 0.25) is 0 Å². The summed E-state index contributed by atoms with van der Waals surface area (Å²) in [6.45, 7) is 2.75. The Hall–Kier alpha value is -0.730. The highest BCUT2D eigenvalue weighted by Gasteiger charge is 2.02. The Morgan fingerprint density at radius 3 is 2.85 bits per heavy atom. The molecule has 1 unspecified atom stereocenters. The molecule has 1 aromatic rings. The molecule has 0 spiro atoms. The Balaban J connectivity index is 2.62. The van der Waals surface area contributed by atoms with Crippen LogP contribution in [0.15, 0.2) is 24.3 Å². The van der Waals surface area contributed by atoms with Crippen LogP contribution in [0.1, 0.15) is 13.3 Å². The van der Waals surface area contributed by atoms with E-state index in [0.717, 1.165) is 17.1 Å². The van der Waals surface area contributed by atoms with E-state index < -0.39 is 0 Å². The molecule has 0 fully saturated rings. The molecular formula is C10H15ClN2. The molecule has 2 nitrogen and oxygen atoms in total. The monoisotopic (exact) mass is 198 g/mol. The van der Waals surface area contributed by atoms with Crippen LogP contribution in [-0.2, 0) is 0 Å². The third kappa shape index (κ3) is 3.25. The van der Waals surface area contributed by atoms with Gasteiger partial charge in [0.25, 0.3) is 0 Å². The first-order valence-electron chi connectivity index (χ1n) is 4.48. The van der Waals surface area contributed by atoms with E-state index in [1.807, 2.05) is 24.3 Å². The predicted octanol–water partition coefficient (Wildman–Crippen LogP) is 2.49. The molecule has 0 heterocycles. The standard InChI is InChI=1S/C10H15ClN2/c1-2-9(7-12)13-10-5-3-4-8(11)6-10/h3-6,9,13H,2,7,12H2,1H3. The highest BCUT2D eigenvalue weighted by atomic mass is 35.5. The average Bonchev–Trinajstić information content (AvgIpc) is 2.14. The van der Waals surface area contributed by atoms with E-state index in [-0.39, 0.29) is 0 Å². The van der Waals surface area contributed by atoms with Crippen LogP contribution in [0, 0.1) is 0 Å². The summed E-state index contributed by atoms with van der Waals surface area (Å²) < 4.78 is 0. The Kier molecular flexibility index (Phi) is 4.06. The van der Waals surface area contributed by atoms with Crippen LogP contribution in [0.3, 0.4) is 0 Å². The van der Waals surface area contributed by atoms with E-state index in [2.05, 4.69) is 12.2 Å². The van der Waals surface area contributed by atoms with E-state index in [9.17, 15) is 0 Å². The van der Waals surface area contributed by atoms with Crippen molar-refractivity contribution in [2.24, 2.45) is 5.73 Å². The average molecular weight is 199 g/mol. The zero-order valence-electron chi connectivity index (χ0n) is 7.76. The second-order valence-corrected chi connectivity index (χ2v) is 3.43. The van der Waals surface area contributed by atoms with E-state index in [4.69, 9.17) is 17.3 Å². The molecule has 3 heteroatoms. The molecule has 0 aliphatic heterocycles. The summed E-state index contributed by atoms with van der Waals surface area (Å²) >= 11 is 5.84. The summed E-state index contributed by atoms with van der Waals surface area (Å²) in [5.41, 5.74) is 6.61. The van der Waals surface area contributed by atoms with Crippen LogP contribution in [0.2, 0.25) is 5.02 Å². The fourth-order valence-corrected chi connectivity index (χ4v) is 1.33. The van der Waals surface area contributed by atoms with E-state index in [1.165, 1.54) is 0 Å². The van der Waals surface area contributed by atoms with Crippen molar-refractivity contribution in [2.75, 3.05) is 11.9 Å². The molecule has 1 aromatic carbocycles. The molecule has 0 amide bonds. The maximum absolute atomic E-state index is 5.84. The number of halogens is 1. The summed E-state index contributed by atoms with van der Waals surface area (Å²) in [6.07, 6.45) is 1.02. The van der Waals surface area contributed by atoms with Crippen LogP contribution in [0.5, 0.6) is 0 Å². The molecule has 0 radical (unpaired) electrons. The van der Waals surface area contributed by atoms with Gasteiger partial charge in [0.05, 0.1) is 0 Å². The van der Waals surface area contributed by atoms with Crippen LogP contribution in [-0.4, -0.2) is 12.6 Å². The molecule has 0 aliphatic carbocycles. The third-order valence-electron chi connectivity index (χ3n) is 1.97. The molecule has 0 saturated heterocycles. The lowest BCUT2D eigenvalue weighted by atomic mass is 10.2. The third-order valence-corrected chi connectivity index (χ3v) is 2.21. The molecule has 0 aliphatic rings. The van der Waals surface area contributed by atoms with Crippen LogP contribution < -0.4 is 11.1 Å². The second-order valence-electron chi connectivity index (χ2n) is 3.00. The SMILES string of the molecule is CCC(CN)Nc1cccc(Cl)c1. The summed E-state index contributed by atoms with van der Waals surface area (Å²) in [4.78, 5) is 0.